The maximum absolute atomic E-state index is 10.7. The SMILES string of the molecule is Cc1nc(NCC(C)C)ccc1C(=O)O. The number of carboxylic acid groups (broad SMARTS) is 1. The van der Waals surface area contributed by atoms with Crippen LogP contribution in [0.1, 0.15) is 29.9 Å². The number of aromatic nitrogens is 1. The first-order chi connectivity index (χ1) is 7.00. The number of nitrogens with zero attached hydrogens (tertiary/aromatic N) is 1. The summed E-state index contributed by atoms with van der Waals surface area (Å²) in [7, 11) is 0. The molecule has 0 amide bonds. The molecule has 1 rings (SSSR count). The lowest BCUT2D eigenvalue weighted by Gasteiger charge is -2.09. The molecule has 0 aliphatic heterocycles. The zero-order chi connectivity index (χ0) is 11.4. The Hall–Kier alpha value is -1.58. The zero-order valence-electron chi connectivity index (χ0n) is 9.24. The molecular formula is C11H16N2O2. The maximum Gasteiger partial charge on any atom is 0.337 e. The van der Waals surface area contributed by atoms with Crippen molar-refractivity contribution >= 4 is 11.8 Å². The summed E-state index contributed by atoms with van der Waals surface area (Å²) in [6.45, 7) is 6.74. The number of rotatable bonds is 4. The molecule has 0 saturated heterocycles. The molecule has 0 aliphatic rings. The molecule has 0 fully saturated rings. The Labute approximate surface area is 89.3 Å². The highest BCUT2D eigenvalue weighted by molar-refractivity contribution is 5.89. The number of nitrogens with one attached hydrogen (secondary N) is 1. The molecule has 0 saturated carbocycles. The molecule has 0 aromatic carbocycles. The molecule has 0 radical (unpaired) electrons. The van der Waals surface area contributed by atoms with E-state index in [2.05, 4.69) is 24.1 Å². The first-order valence-electron chi connectivity index (χ1n) is 4.95. The Morgan fingerprint density at radius 2 is 2.20 bits per heavy atom. The molecule has 0 aliphatic carbocycles. The van der Waals surface area contributed by atoms with Crippen molar-refractivity contribution in [1.29, 1.82) is 0 Å². The Morgan fingerprint density at radius 3 is 2.67 bits per heavy atom. The fourth-order valence-corrected chi connectivity index (χ4v) is 1.19. The van der Waals surface area contributed by atoms with Crippen LogP contribution in [-0.2, 0) is 0 Å². The van der Waals surface area contributed by atoms with Gasteiger partial charge in [-0.15, -0.1) is 0 Å². The third-order valence-corrected chi connectivity index (χ3v) is 2.01. The average Bonchev–Trinajstić information content (AvgIpc) is 2.14. The van der Waals surface area contributed by atoms with Gasteiger partial charge >= 0.3 is 5.97 Å². The zero-order valence-corrected chi connectivity index (χ0v) is 9.24. The van der Waals surface area contributed by atoms with Crippen LogP contribution in [0.5, 0.6) is 0 Å². The third-order valence-electron chi connectivity index (χ3n) is 2.01. The van der Waals surface area contributed by atoms with E-state index in [9.17, 15) is 4.79 Å². The second-order valence-corrected chi connectivity index (χ2v) is 3.91. The van der Waals surface area contributed by atoms with Gasteiger partial charge in [0.2, 0.25) is 0 Å². The molecular weight excluding hydrogens is 192 g/mol. The van der Waals surface area contributed by atoms with E-state index in [0.717, 1.165) is 12.4 Å². The van der Waals surface area contributed by atoms with Gasteiger partial charge in [0.05, 0.1) is 11.3 Å². The van der Waals surface area contributed by atoms with Crippen LogP contribution >= 0.6 is 0 Å². The van der Waals surface area contributed by atoms with E-state index in [4.69, 9.17) is 5.11 Å². The standard InChI is InChI=1S/C11H16N2O2/c1-7(2)6-12-10-5-4-9(11(14)15)8(3)13-10/h4-5,7H,6H2,1-3H3,(H,12,13)(H,14,15). The predicted octanol–water partition coefficient (Wildman–Crippen LogP) is 2.16. The second kappa shape index (κ2) is 4.77. The van der Waals surface area contributed by atoms with Crippen molar-refractivity contribution in [3.05, 3.63) is 23.4 Å². The van der Waals surface area contributed by atoms with E-state index in [-0.39, 0.29) is 5.56 Å². The second-order valence-electron chi connectivity index (χ2n) is 3.91. The quantitative estimate of drug-likeness (QED) is 0.795. The van der Waals surface area contributed by atoms with E-state index < -0.39 is 5.97 Å². The fraction of sp³-hybridized carbons (Fsp3) is 0.455. The topological polar surface area (TPSA) is 62.2 Å². The number of carbonyl (C=O) groups is 1. The van der Waals surface area contributed by atoms with Crippen molar-refractivity contribution in [2.24, 2.45) is 5.92 Å². The van der Waals surface area contributed by atoms with Gasteiger partial charge in [-0.25, -0.2) is 9.78 Å². The van der Waals surface area contributed by atoms with Gasteiger partial charge in [0.15, 0.2) is 0 Å². The molecule has 0 atom stereocenters. The normalized spacial score (nSPS) is 10.4. The summed E-state index contributed by atoms with van der Waals surface area (Å²) in [5, 5.41) is 12.0. The lowest BCUT2D eigenvalue weighted by atomic mass is 10.2. The molecule has 1 aromatic heterocycles. The van der Waals surface area contributed by atoms with Crippen molar-refractivity contribution in [3.8, 4) is 0 Å². The lowest BCUT2D eigenvalue weighted by molar-refractivity contribution is 0.0695. The minimum atomic E-state index is -0.935. The van der Waals surface area contributed by atoms with E-state index in [1.165, 1.54) is 0 Å². The largest absolute Gasteiger partial charge is 0.478 e. The Balaban J connectivity index is 2.78. The van der Waals surface area contributed by atoms with Gasteiger partial charge in [0, 0.05) is 6.54 Å². The summed E-state index contributed by atoms with van der Waals surface area (Å²) in [6.07, 6.45) is 0. The number of aromatic carboxylic acids is 1. The van der Waals surface area contributed by atoms with E-state index in [0.29, 0.717) is 11.6 Å². The first-order valence-corrected chi connectivity index (χ1v) is 4.95. The molecule has 1 aromatic rings. The van der Waals surface area contributed by atoms with Gasteiger partial charge in [0.1, 0.15) is 5.82 Å². The van der Waals surface area contributed by atoms with E-state index >= 15 is 0 Å². The lowest BCUT2D eigenvalue weighted by Crippen LogP contribution is -2.10. The van der Waals surface area contributed by atoms with Crippen LogP contribution in [0.25, 0.3) is 0 Å². The van der Waals surface area contributed by atoms with Gasteiger partial charge in [-0.05, 0) is 25.0 Å². The van der Waals surface area contributed by atoms with E-state index in [1.54, 1.807) is 19.1 Å². The van der Waals surface area contributed by atoms with Crippen LogP contribution in [0.15, 0.2) is 12.1 Å². The third kappa shape index (κ3) is 3.23. The molecule has 0 spiro atoms. The maximum atomic E-state index is 10.7. The highest BCUT2D eigenvalue weighted by Crippen LogP contribution is 2.10. The minimum absolute atomic E-state index is 0.255. The van der Waals surface area contributed by atoms with E-state index in [1.807, 2.05) is 0 Å². The minimum Gasteiger partial charge on any atom is -0.478 e. The van der Waals surface area contributed by atoms with Crippen LogP contribution in [0.4, 0.5) is 5.82 Å². The van der Waals surface area contributed by atoms with Crippen LogP contribution in [0.3, 0.4) is 0 Å². The molecule has 4 heteroatoms. The number of anilines is 1. The number of pyridine rings is 1. The fourth-order valence-electron chi connectivity index (χ4n) is 1.19. The summed E-state index contributed by atoms with van der Waals surface area (Å²) in [5.41, 5.74) is 0.793. The van der Waals surface area contributed by atoms with Gasteiger partial charge in [0.25, 0.3) is 0 Å². The van der Waals surface area contributed by atoms with Crippen molar-refractivity contribution < 1.29 is 9.90 Å². The summed E-state index contributed by atoms with van der Waals surface area (Å²) in [6, 6.07) is 3.27. The molecule has 0 unspecified atom stereocenters. The Morgan fingerprint density at radius 1 is 1.53 bits per heavy atom. The summed E-state index contributed by atoms with van der Waals surface area (Å²) < 4.78 is 0. The van der Waals surface area contributed by atoms with Crippen LogP contribution < -0.4 is 5.32 Å². The molecule has 1 heterocycles. The monoisotopic (exact) mass is 208 g/mol. The highest BCUT2D eigenvalue weighted by Gasteiger charge is 2.08. The van der Waals surface area contributed by atoms with Crippen molar-refractivity contribution in [3.63, 3.8) is 0 Å². The van der Waals surface area contributed by atoms with Crippen molar-refractivity contribution in [2.45, 2.75) is 20.8 Å². The summed E-state index contributed by atoms with van der Waals surface area (Å²) in [5.74, 6) is 0.327. The van der Waals surface area contributed by atoms with Crippen LogP contribution in [-0.4, -0.2) is 22.6 Å². The van der Waals surface area contributed by atoms with Crippen molar-refractivity contribution in [1.82, 2.24) is 4.98 Å². The smallest absolute Gasteiger partial charge is 0.337 e. The molecule has 15 heavy (non-hydrogen) atoms. The van der Waals surface area contributed by atoms with Gasteiger partial charge in [-0.2, -0.15) is 0 Å². The summed E-state index contributed by atoms with van der Waals surface area (Å²) in [4.78, 5) is 14.9. The van der Waals surface area contributed by atoms with Crippen LogP contribution in [0.2, 0.25) is 0 Å². The molecule has 4 nitrogen and oxygen atoms in total. The first kappa shape index (κ1) is 11.5. The average molecular weight is 208 g/mol. The van der Waals surface area contributed by atoms with Crippen molar-refractivity contribution in [2.75, 3.05) is 11.9 Å². The number of aryl methyl sites for hydroxylation is 1. The number of hydrogen-bond donors (Lipinski definition) is 2. The number of hydrogen-bond acceptors (Lipinski definition) is 3. The molecule has 2 N–H and O–H groups in total. The van der Waals surface area contributed by atoms with Gasteiger partial charge < -0.3 is 10.4 Å². The molecule has 0 bridgehead atoms. The van der Waals surface area contributed by atoms with Crippen LogP contribution in [0, 0.1) is 12.8 Å². The Kier molecular flexibility index (Phi) is 3.66. The number of carboxylic acids is 1. The highest BCUT2D eigenvalue weighted by atomic mass is 16.4. The summed E-state index contributed by atoms with van der Waals surface area (Å²) >= 11 is 0. The molecule has 82 valence electrons. The predicted molar refractivity (Wildman–Crippen MR) is 59.3 cm³/mol. The van der Waals surface area contributed by atoms with Gasteiger partial charge in [-0.3, -0.25) is 0 Å². The Bertz CT molecular complexity index is 362. The van der Waals surface area contributed by atoms with Gasteiger partial charge in [-0.1, -0.05) is 13.8 Å².